The van der Waals surface area contributed by atoms with Crippen LogP contribution < -0.4 is 0 Å². The number of hydrazine groups is 1. The molecule has 0 aromatic heterocycles. The van der Waals surface area contributed by atoms with Gasteiger partial charge in [0.1, 0.15) is 6.54 Å². The maximum absolute atomic E-state index is 14.3. The minimum atomic E-state index is -0.693. The molecule has 8 rings (SSSR count). The van der Waals surface area contributed by atoms with Gasteiger partial charge in [0.25, 0.3) is 17.7 Å². The fourth-order valence-corrected chi connectivity index (χ4v) is 7.25. The van der Waals surface area contributed by atoms with Crippen molar-refractivity contribution in [1.82, 2.24) is 10.0 Å². The maximum atomic E-state index is 14.3. The van der Waals surface area contributed by atoms with Crippen LogP contribution in [0.1, 0.15) is 54.8 Å². The topological polar surface area (TPSA) is 74.8 Å². The van der Waals surface area contributed by atoms with Crippen molar-refractivity contribution in [3.8, 4) is 0 Å². The zero-order chi connectivity index (χ0) is 28.4. The molecule has 3 aliphatic carbocycles. The average molecular weight is 626 g/mol. The molecule has 4 aromatic rings. The second-order valence-electron chi connectivity index (χ2n) is 10.5. The molecular formula is C33H22BrClN2O4. The number of hydrogen-bond acceptors (Lipinski definition) is 4. The number of ketones is 1. The number of imide groups is 1. The van der Waals surface area contributed by atoms with Crippen LogP contribution in [0.4, 0.5) is 0 Å². The molecule has 41 heavy (non-hydrogen) atoms. The minimum absolute atomic E-state index is 0.0998. The van der Waals surface area contributed by atoms with Gasteiger partial charge in [0.15, 0.2) is 5.78 Å². The standard InChI is InChI=1S/C33H22BrClN2O4/c34-19-15-13-18(14-16-19)26(38)17-36(31(39)24-11-5-6-12-25(24)35)37-32(40)29-27-20-7-1-2-8-21(20)28(30(29)33(37)41)23-10-4-3-9-22(23)27/h1-16,27-30H,17H2/t27?,28?,29-,30-/m1/s1. The van der Waals surface area contributed by atoms with E-state index in [1.54, 1.807) is 42.5 Å². The Hall–Kier alpha value is -4.07. The Bertz CT molecular complexity index is 1660. The van der Waals surface area contributed by atoms with E-state index >= 15 is 0 Å². The Balaban J connectivity index is 1.34. The third-order valence-corrected chi connectivity index (χ3v) is 9.32. The highest BCUT2D eigenvalue weighted by Crippen LogP contribution is 2.61. The molecule has 1 aliphatic heterocycles. The molecule has 3 amide bonds. The molecule has 0 radical (unpaired) electrons. The summed E-state index contributed by atoms with van der Waals surface area (Å²) in [4.78, 5) is 56.2. The van der Waals surface area contributed by atoms with E-state index in [0.717, 1.165) is 36.7 Å². The largest absolute Gasteiger partial charge is 0.292 e. The summed E-state index contributed by atoms with van der Waals surface area (Å²) >= 11 is 9.75. The highest BCUT2D eigenvalue weighted by Gasteiger charge is 2.63. The zero-order valence-electron chi connectivity index (χ0n) is 21.5. The van der Waals surface area contributed by atoms with Crippen LogP contribution in [-0.2, 0) is 9.59 Å². The second-order valence-corrected chi connectivity index (χ2v) is 11.8. The normalized spacial score (nSPS) is 21.8. The SMILES string of the molecule is O=C(CN(C(=O)c1ccccc1Cl)N1C(=O)[C@@H]2C3c4ccccc4C(c4ccccc43)[C@H]2C1=O)c1ccc(Br)cc1. The van der Waals surface area contributed by atoms with Crippen molar-refractivity contribution in [2.45, 2.75) is 11.8 Å². The van der Waals surface area contributed by atoms with E-state index in [2.05, 4.69) is 15.9 Å². The molecule has 1 fully saturated rings. The van der Waals surface area contributed by atoms with Gasteiger partial charge in [-0.05, 0) is 46.5 Å². The second kappa shape index (κ2) is 9.79. The lowest BCUT2D eigenvalue weighted by Crippen LogP contribution is -2.52. The van der Waals surface area contributed by atoms with E-state index in [4.69, 9.17) is 11.6 Å². The summed E-state index contributed by atoms with van der Waals surface area (Å²) in [6.45, 7) is -0.502. The predicted molar refractivity (Wildman–Crippen MR) is 156 cm³/mol. The molecule has 1 saturated heterocycles. The molecule has 4 aliphatic rings. The van der Waals surface area contributed by atoms with Crippen molar-refractivity contribution >= 4 is 51.0 Å². The van der Waals surface area contributed by atoms with Gasteiger partial charge in [-0.1, -0.05) is 100 Å². The number of carbonyl (C=O) groups is 4. The van der Waals surface area contributed by atoms with E-state index < -0.39 is 41.9 Å². The first-order valence-corrected chi connectivity index (χ1v) is 14.4. The Kier molecular flexibility index (Phi) is 6.17. The van der Waals surface area contributed by atoms with E-state index in [1.807, 2.05) is 48.5 Å². The number of carbonyl (C=O) groups excluding carboxylic acids is 4. The molecule has 8 heteroatoms. The van der Waals surface area contributed by atoms with Crippen molar-refractivity contribution < 1.29 is 19.2 Å². The Morgan fingerprint density at radius 2 is 1.17 bits per heavy atom. The highest BCUT2D eigenvalue weighted by molar-refractivity contribution is 9.10. The summed E-state index contributed by atoms with van der Waals surface area (Å²) in [5, 5.41) is 2.08. The van der Waals surface area contributed by atoms with Gasteiger partial charge in [-0.25, -0.2) is 5.01 Å². The van der Waals surface area contributed by atoms with Gasteiger partial charge in [-0.2, -0.15) is 5.01 Å². The summed E-state index contributed by atoms with van der Waals surface area (Å²) in [6, 6.07) is 29.0. The summed E-state index contributed by atoms with van der Waals surface area (Å²) in [5.74, 6) is -4.13. The Labute approximate surface area is 249 Å². The van der Waals surface area contributed by atoms with Crippen LogP contribution >= 0.6 is 27.5 Å². The first-order chi connectivity index (χ1) is 19.9. The zero-order valence-corrected chi connectivity index (χ0v) is 23.9. The lowest BCUT2D eigenvalue weighted by atomic mass is 9.55. The van der Waals surface area contributed by atoms with Crippen LogP contribution in [0.3, 0.4) is 0 Å². The van der Waals surface area contributed by atoms with E-state index in [1.165, 1.54) is 6.07 Å². The number of rotatable bonds is 5. The fraction of sp³-hybridized carbons (Fsp3) is 0.152. The fourth-order valence-electron chi connectivity index (χ4n) is 6.77. The predicted octanol–water partition coefficient (Wildman–Crippen LogP) is 6.23. The number of nitrogens with zero attached hydrogens (tertiary/aromatic N) is 2. The molecule has 0 N–H and O–H groups in total. The third-order valence-electron chi connectivity index (χ3n) is 8.46. The minimum Gasteiger partial charge on any atom is -0.292 e. The molecule has 0 spiro atoms. The maximum Gasteiger partial charge on any atom is 0.274 e. The van der Waals surface area contributed by atoms with Gasteiger partial charge in [-0.3, -0.25) is 19.2 Å². The van der Waals surface area contributed by atoms with Crippen LogP contribution in [-0.4, -0.2) is 40.1 Å². The first kappa shape index (κ1) is 25.9. The molecule has 4 aromatic carbocycles. The van der Waals surface area contributed by atoms with Gasteiger partial charge in [0.05, 0.1) is 22.4 Å². The molecule has 1 heterocycles. The average Bonchev–Trinajstić information content (AvgIpc) is 3.26. The van der Waals surface area contributed by atoms with Gasteiger partial charge in [-0.15, -0.1) is 0 Å². The van der Waals surface area contributed by atoms with Crippen LogP contribution in [0, 0.1) is 11.8 Å². The van der Waals surface area contributed by atoms with Gasteiger partial charge < -0.3 is 0 Å². The molecule has 6 nitrogen and oxygen atoms in total. The lowest BCUT2D eigenvalue weighted by Gasteiger charge is -2.45. The van der Waals surface area contributed by atoms with E-state index in [0.29, 0.717) is 5.56 Å². The van der Waals surface area contributed by atoms with E-state index in [-0.39, 0.29) is 22.4 Å². The first-order valence-electron chi connectivity index (χ1n) is 13.3. The van der Waals surface area contributed by atoms with Crippen molar-refractivity contribution in [1.29, 1.82) is 0 Å². The van der Waals surface area contributed by atoms with Crippen molar-refractivity contribution in [2.75, 3.05) is 6.54 Å². The monoisotopic (exact) mass is 624 g/mol. The van der Waals surface area contributed by atoms with Crippen LogP contribution in [0.2, 0.25) is 5.02 Å². The lowest BCUT2D eigenvalue weighted by molar-refractivity contribution is -0.154. The number of amides is 3. The van der Waals surface area contributed by atoms with Crippen molar-refractivity contribution in [3.63, 3.8) is 0 Å². The summed E-state index contributed by atoms with van der Waals surface area (Å²) in [6.07, 6.45) is 0. The summed E-state index contributed by atoms with van der Waals surface area (Å²) in [7, 11) is 0. The van der Waals surface area contributed by atoms with Crippen LogP contribution in [0.5, 0.6) is 0 Å². The van der Waals surface area contributed by atoms with Crippen LogP contribution in [0.15, 0.2) is 102 Å². The number of Topliss-reactive ketones (excluding diaryl/α,β-unsaturated/α-hetero) is 1. The smallest absolute Gasteiger partial charge is 0.274 e. The van der Waals surface area contributed by atoms with E-state index in [9.17, 15) is 19.2 Å². The Morgan fingerprint density at radius 1 is 0.707 bits per heavy atom. The molecule has 2 atom stereocenters. The van der Waals surface area contributed by atoms with Gasteiger partial charge >= 0.3 is 0 Å². The molecule has 0 saturated carbocycles. The van der Waals surface area contributed by atoms with Gasteiger partial charge in [0, 0.05) is 21.9 Å². The third kappa shape index (κ3) is 3.90. The van der Waals surface area contributed by atoms with Crippen molar-refractivity contribution in [3.05, 3.63) is 140 Å². The number of benzene rings is 4. The van der Waals surface area contributed by atoms with Crippen LogP contribution in [0.25, 0.3) is 0 Å². The van der Waals surface area contributed by atoms with Gasteiger partial charge in [0.2, 0.25) is 0 Å². The Morgan fingerprint density at radius 3 is 1.66 bits per heavy atom. The molecule has 202 valence electrons. The highest BCUT2D eigenvalue weighted by atomic mass is 79.9. The molecular weight excluding hydrogens is 604 g/mol. The molecule has 0 unspecified atom stereocenters. The molecule has 2 bridgehead atoms. The van der Waals surface area contributed by atoms with Crippen molar-refractivity contribution in [2.24, 2.45) is 11.8 Å². The summed E-state index contributed by atoms with van der Waals surface area (Å²) in [5.41, 5.74) is 4.54. The quantitative estimate of drug-likeness (QED) is 0.195. The number of hydrogen-bond donors (Lipinski definition) is 0. The number of halogens is 2. The summed E-state index contributed by atoms with van der Waals surface area (Å²) < 4.78 is 0.793.